The molecule has 0 radical (unpaired) electrons. The molecule has 1 saturated heterocycles. The van der Waals surface area contributed by atoms with Gasteiger partial charge in [0, 0.05) is 19.6 Å². The van der Waals surface area contributed by atoms with Crippen molar-refractivity contribution in [2.75, 3.05) is 46.1 Å². The minimum Gasteiger partial charge on any atom is -0.486 e. The number of nitrogens with one attached hydrogen (secondary N) is 1. The molecule has 2 heterocycles. The molecule has 2 atom stereocenters. The molecule has 0 bridgehead atoms. The molecule has 0 spiro atoms. The van der Waals surface area contributed by atoms with Crippen molar-refractivity contribution in [3.8, 4) is 11.5 Å². The summed E-state index contributed by atoms with van der Waals surface area (Å²) in [5, 5.41) is 14.0. The lowest BCUT2D eigenvalue weighted by molar-refractivity contribution is -0.174. The third-order valence-corrected chi connectivity index (χ3v) is 5.50. The Balaban J connectivity index is 0.00000385. The van der Waals surface area contributed by atoms with Crippen molar-refractivity contribution in [1.29, 1.82) is 0 Å². The van der Waals surface area contributed by atoms with Crippen molar-refractivity contribution < 1.29 is 37.3 Å². The van der Waals surface area contributed by atoms with E-state index in [4.69, 9.17) is 9.47 Å². The molecule has 2 aliphatic heterocycles. The van der Waals surface area contributed by atoms with Gasteiger partial charge < -0.3 is 29.5 Å². The van der Waals surface area contributed by atoms with Crippen LogP contribution in [0, 0.1) is 0 Å². The van der Waals surface area contributed by atoms with Crippen LogP contribution in [0.4, 0.5) is 13.2 Å². The van der Waals surface area contributed by atoms with Gasteiger partial charge in [0.2, 0.25) is 5.91 Å². The molecule has 7 nitrogen and oxygen atoms in total. The Labute approximate surface area is 193 Å². The SMILES string of the molecule is C.O=C(CCCCOCC(F)(F)F)N[C@H](CN1CCCC1)[C@H](O)c1ccc2c(c1)OCCO2. The minimum atomic E-state index is -4.34. The fraction of sp³-hybridized carbons (Fsp3) is 0.696. The Kier molecular flexibility index (Phi) is 10.7. The molecule has 33 heavy (non-hydrogen) atoms. The first-order chi connectivity index (χ1) is 15.3. The zero-order chi connectivity index (χ0) is 23.0. The summed E-state index contributed by atoms with van der Waals surface area (Å²) in [6, 6.07) is 4.73. The van der Waals surface area contributed by atoms with E-state index in [0.717, 1.165) is 25.9 Å². The van der Waals surface area contributed by atoms with E-state index in [2.05, 4.69) is 15.0 Å². The second-order valence-electron chi connectivity index (χ2n) is 8.15. The van der Waals surface area contributed by atoms with Crippen molar-refractivity contribution in [2.45, 2.75) is 57.9 Å². The van der Waals surface area contributed by atoms with Crippen LogP contribution in [0.5, 0.6) is 11.5 Å². The number of unbranched alkanes of at least 4 members (excludes halogenated alkanes) is 1. The molecule has 3 rings (SSSR count). The molecule has 2 N–H and O–H groups in total. The number of likely N-dealkylation sites (tertiary alicyclic amines) is 1. The second-order valence-corrected chi connectivity index (χ2v) is 8.15. The van der Waals surface area contributed by atoms with E-state index in [-0.39, 0.29) is 26.4 Å². The number of fused-ring (bicyclic) bond motifs is 1. The maximum absolute atomic E-state index is 12.5. The number of carbonyl (C=O) groups excluding carboxylic acids is 1. The second kappa shape index (κ2) is 13.0. The van der Waals surface area contributed by atoms with E-state index in [1.165, 1.54) is 0 Å². The highest BCUT2D eigenvalue weighted by molar-refractivity contribution is 5.76. The van der Waals surface area contributed by atoms with Gasteiger partial charge in [-0.2, -0.15) is 13.2 Å². The highest BCUT2D eigenvalue weighted by Crippen LogP contribution is 2.33. The van der Waals surface area contributed by atoms with Crippen LogP contribution in [0.25, 0.3) is 0 Å². The molecular formula is C23H35F3N2O5. The van der Waals surface area contributed by atoms with Crippen molar-refractivity contribution in [1.82, 2.24) is 10.2 Å². The molecular weight excluding hydrogens is 441 g/mol. The molecule has 1 aromatic carbocycles. The summed E-state index contributed by atoms with van der Waals surface area (Å²) in [4.78, 5) is 14.7. The molecule has 0 saturated carbocycles. The molecule has 1 fully saturated rings. The molecule has 188 valence electrons. The number of aliphatic hydroxyl groups is 1. The maximum atomic E-state index is 12.5. The lowest BCUT2D eigenvalue weighted by Gasteiger charge is -2.29. The van der Waals surface area contributed by atoms with Gasteiger partial charge in [0.15, 0.2) is 11.5 Å². The van der Waals surface area contributed by atoms with Gasteiger partial charge in [0.1, 0.15) is 25.9 Å². The number of aliphatic hydroxyl groups excluding tert-OH is 1. The number of amides is 1. The van der Waals surface area contributed by atoms with Gasteiger partial charge in [-0.15, -0.1) is 0 Å². The lowest BCUT2D eigenvalue weighted by atomic mass is 10.0. The molecule has 2 aliphatic rings. The topological polar surface area (TPSA) is 80.3 Å². The van der Waals surface area contributed by atoms with E-state index < -0.39 is 24.9 Å². The van der Waals surface area contributed by atoms with Gasteiger partial charge >= 0.3 is 6.18 Å². The minimum absolute atomic E-state index is 0. The zero-order valence-corrected chi connectivity index (χ0v) is 18.0. The smallest absolute Gasteiger partial charge is 0.411 e. The Hall–Kier alpha value is -2.04. The van der Waals surface area contributed by atoms with Gasteiger partial charge in [0.05, 0.1) is 6.04 Å². The number of halogens is 3. The molecule has 1 amide bonds. The van der Waals surface area contributed by atoms with Crippen LogP contribution in [-0.2, 0) is 9.53 Å². The molecule has 0 unspecified atom stereocenters. The normalized spacial score (nSPS) is 17.8. The van der Waals surface area contributed by atoms with E-state index in [9.17, 15) is 23.1 Å². The highest BCUT2D eigenvalue weighted by Gasteiger charge is 2.28. The molecule has 1 aromatic rings. The van der Waals surface area contributed by atoms with Crippen LogP contribution in [0.1, 0.15) is 51.2 Å². The average Bonchev–Trinajstić information content (AvgIpc) is 3.27. The predicted octanol–water partition coefficient (Wildman–Crippen LogP) is 3.46. The lowest BCUT2D eigenvalue weighted by Crippen LogP contribution is -2.46. The Morgan fingerprint density at radius 1 is 1.15 bits per heavy atom. The van der Waals surface area contributed by atoms with Crippen LogP contribution in [0.3, 0.4) is 0 Å². The van der Waals surface area contributed by atoms with Crippen LogP contribution < -0.4 is 14.8 Å². The standard InChI is InChI=1S/C22H31F3N2O5.CH4/c23-22(24,25)15-30-10-4-1-5-20(28)26-17(14-27-8-2-3-9-27)21(29)16-6-7-18-19(13-16)32-12-11-31-18;/h6-7,13,17,21,29H,1-5,8-12,14-15H2,(H,26,28);1H4/t17-,21-;/m1./s1. The number of carbonyl (C=O) groups is 1. The fourth-order valence-electron chi connectivity index (χ4n) is 3.90. The number of ether oxygens (including phenoxy) is 3. The Bertz CT molecular complexity index is 741. The first-order valence-corrected chi connectivity index (χ1v) is 11.1. The number of alkyl halides is 3. The van der Waals surface area contributed by atoms with E-state index >= 15 is 0 Å². The molecule has 0 aromatic heterocycles. The van der Waals surface area contributed by atoms with Gasteiger partial charge in [-0.1, -0.05) is 13.5 Å². The van der Waals surface area contributed by atoms with E-state index in [1.807, 2.05) is 0 Å². The van der Waals surface area contributed by atoms with Crippen molar-refractivity contribution >= 4 is 5.91 Å². The number of nitrogens with zero attached hydrogens (tertiary/aromatic N) is 1. The summed E-state index contributed by atoms with van der Waals surface area (Å²) in [7, 11) is 0. The van der Waals surface area contributed by atoms with Crippen LogP contribution in [0.2, 0.25) is 0 Å². The summed E-state index contributed by atoms with van der Waals surface area (Å²) in [5.74, 6) is 0.944. The summed E-state index contributed by atoms with van der Waals surface area (Å²) in [5.41, 5.74) is 0.624. The van der Waals surface area contributed by atoms with Gasteiger partial charge in [-0.3, -0.25) is 4.79 Å². The van der Waals surface area contributed by atoms with Gasteiger partial charge in [-0.05, 0) is 56.5 Å². The quantitative estimate of drug-likeness (QED) is 0.476. The largest absolute Gasteiger partial charge is 0.486 e. The molecule has 10 heteroatoms. The van der Waals surface area contributed by atoms with Gasteiger partial charge in [-0.25, -0.2) is 0 Å². The Morgan fingerprint density at radius 3 is 2.55 bits per heavy atom. The Morgan fingerprint density at radius 2 is 1.85 bits per heavy atom. The number of hydrogen-bond donors (Lipinski definition) is 2. The summed E-state index contributed by atoms with van der Waals surface area (Å²) >= 11 is 0. The van der Waals surface area contributed by atoms with E-state index in [0.29, 0.717) is 49.7 Å². The molecule has 0 aliphatic carbocycles. The predicted molar refractivity (Wildman–Crippen MR) is 117 cm³/mol. The third-order valence-electron chi connectivity index (χ3n) is 5.50. The maximum Gasteiger partial charge on any atom is 0.411 e. The van der Waals surface area contributed by atoms with Crippen LogP contribution in [0.15, 0.2) is 18.2 Å². The summed E-state index contributed by atoms with van der Waals surface area (Å²) in [6.45, 7) is 1.92. The fourth-order valence-corrected chi connectivity index (χ4v) is 3.90. The van der Waals surface area contributed by atoms with Crippen molar-refractivity contribution in [3.05, 3.63) is 23.8 Å². The van der Waals surface area contributed by atoms with Crippen molar-refractivity contribution in [3.63, 3.8) is 0 Å². The highest BCUT2D eigenvalue weighted by atomic mass is 19.4. The summed E-state index contributed by atoms with van der Waals surface area (Å²) < 4.78 is 51.9. The first-order valence-electron chi connectivity index (χ1n) is 11.1. The zero-order valence-electron chi connectivity index (χ0n) is 18.0. The van der Waals surface area contributed by atoms with Crippen LogP contribution >= 0.6 is 0 Å². The third kappa shape index (κ3) is 9.02. The van der Waals surface area contributed by atoms with E-state index in [1.54, 1.807) is 18.2 Å². The monoisotopic (exact) mass is 476 g/mol. The summed E-state index contributed by atoms with van der Waals surface area (Å²) in [6.07, 6.45) is -2.21. The van der Waals surface area contributed by atoms with Crippen LogP contribution in [-0.4, -0.2) is 74.2 Å². The van der Waals surface area contributed by atoms with Gasteiger partial charge in [0.25, 0.3) is 0 Å². The first kappa shape index (κ1) is 27.2. The number of rotatable bonds is 11. The van der Waals surface area contributed by atoms with Crippen molar-refractivity contribution in [2.24, 2.45) is 0 Å². The number of benzene rings is 1. The number of hydrogen-bond acceptors (Lipinski definition) is 6. The average molecular weight is 477 g/mol.